The van der Waals surface area contributed by atoms with Crippen LogP contribution in [0, 0.1) is 22.7 Å². The van der Waals surface area contributed by atoms with Gasteiger partial charge < -0.3 is 0 Å². The molecule has 4 heteroatoms. The summed E-state index contributed by atoms with van der Waals surface area (Å²) in [6.07, 6.45) is 6.80. The highest BCUT2D eigenvalue weighted by Crippen LogP contribution is 2.45. The quantitative estimate of drug-likeness (QED) is 0.218. The van der Waals surface area contributed by atoms with Gasteiger partial charge in [-0.15, -0.1) is 0 Å². The molecule has 0 amide bonds. The van der Waals surface area contributed by atoms with Crippen molar-refractivity contribution in [3.05, 3.63) is 109 Å². The van der Waals surface area contributed by atoms with Crippen LogP contribution in [0.1, 0.15) is 11.1 Å². The SMILES string of the molecule is N#Cc1cncc(-c2c3ccccc3c(-c3cncc(C#N)c3)c3c2ccc2ccccc23)c1. The van der Waals surface area contributed by atoms with Crippen LogP contribution in [-0.4, -0.2) is 9.97 Å². The van der Waals surface area contributed by atoms with Gasteiger partial charge in [0.1, 0.15) is 12.1 Å². The molecule has 0 bridgehead atoms. The van der Waals surface area contributed by atoms with Gasteiger partial charge in [-0.05, 0) is 55.6 Å². The predicted octanol–water partition coefficient (Wildman–Crippen LogP) is 7.01. The van der Waals surface area contributed by atoms with Gasteiger partial charge in [0, 0.05) is 35.9 Å². The van der Waals surface area contributed by atoms with Crippen LogP contribution in [0.25, 0.3) is 54.6 Å². The molecule has 0 saturated heterocycles. The molecule has 4 aromatic carbocycles. The molecular weight excluding hydrogens is 416 g/mol. The second-order valence-corrected chi connectivity index (χ2v) is 8.15. The average molecular weight is 432 g/mol. The van der Waals surface area contributed by atoms with E-state index in [9.17, 15) is 10.5 Å². The highest BCUT2D eigenvalue weighted by molar-refractivity contribution is 6.27. The maximum atomic E-state index is 9.53. The lowest BCUT2D eigenvalue weighted by Crippen LogP contribution is -1.93. The summed E-state index contributed by atoms with van der Waals surface area (Å²) in [7, 11) is 0. The van der Waals surface area contributed by atoms with Crippen LogP contribution in [0.4, 0.5) is 0 Å². The summed E-state index contributed by atoms with van der Waals surface area (Å²) in [5, 5.41) is 25.5. The lowest BCUT2D eigenvalue weighted by atomic mass is 9.84. The average Bonchev–Trinajstić information content (AvgIpc) is 2.91. The Bertz CT molecular complexity index is 1840. The van der Waals surface area contributed by atoms with Crippen LogP contribution in [0.5, 0.6) is 0 Å². The van der Waals surface area contributed by atoms with E-state index in [0.29, 0.717) is 11.1 Å². The second-order valence-electron chi connectivity index (χ2n) is 8.15. The molecule has 0 aliphatic rings. The fraction of sp³-hybridized carbons (Fsp3) is 0. The van der Waals surface area contributed by atoms with Crippen molar-refractivity contribution in [1.29, 1.82) is 10.5 Å². The molecule has 156 valence electrons. The number of benzene rings is 4. The van der Waals surface area contributed by atoms with Crippen molar-refractivity contribution in [2.75, 3.05) is 0 Å². The molecule has 4 nitrogen and oxygen atoms in total. The molecule has 2 heterocycles. The van der Waals surface area contributed by atoms with Crippen molar-refractivity contribution in [3.8, 4) is 34.4 Å². The minimum absolute atomic E-state index is 0.518. The minimum atomic E-state index is 0.518. The van der Waals surface area contributed by atoms with E-state index in [1.807, 2.05) is 48.8 Å². The number of fused-ring (bicyclic) bond motifs is 4. The van der Waals surface area contributed by atoms with Gasteiger partial charge in [-0.2, -0.15) is 10.5 Å². The van der Waals surface area contributed by atoms with Gasteiger partial charge in [-0.1, -0.05) is 60.7 Å². The molecule has 0 unspecified atom stereocenters. The molecule has 0 aliphatic heterocycles. The lowest BCUT2D eigenvalue weighted by molar-refractivity contribution is 1.30. The first-order chi connectivity index (χ1) is 16.8. The summed E-state index contributed by atoms with van der Waals surface area (Å²) >= 11 is 0. The zero-order valence-electron chi connectivity index (χ0n) is 18.0. The Morgan fingerprint density at radius 1 is 0.529 bits per heavy atom. The number of hydrogen-bond donors (Lipinski definition) is 0. The highest BCUT2D eigenvalue weighted by Gasteiger charge is 2.19. The van der Waals surface area contributed by atoms with Crippen LogP contribution < -0.4 is 0 Å². The van der Waals surface area contributed by atoms with E-state index < -0.39 is 0 Å². The zero-order chi connectivity index (χ0) is 23.1. The minimum Gasteiger partial charge on any atom is -0.263 e. The molecule has 0 saturated carbocycles. The van der Waals surface area contributed by atoms with Crippen LogP contribution in [0.15, 0.2) is 97.6 Å². The molecule has 0 N–H and O–H groups in total. The van der Waals surface area contributed by atoms with Crippen LogP contribution in [0.2, 0.25) is 0 Å². The predicted molar refractivity (Wildman–Crippen MR) is 135 cm³/mol. The van der Waals surface area contributed by atoms with Gasteiger partial charge in [0.05, 0.1) is 11.1 Å². The number of aromatic nitrogens is 2. The lowest BCUT2D eigenvalue weighted by Gasteiger charge is -2.19. The molecule has 6 rings (SSSR count). The molecular formula is C30H16N4. The van der Waals surface area contributed by atoms with Gasteiger partial charge in [0.15, 0.2) is 0 Å². The van der Waals surface area contributed by atoms with Gasteiger partial charge in [0.2, 0.25) is 0 Å². The third-order valence-corrected chi connectivity index (χ3v) is 6.23. The fourth-order valence-corrected chi connectivity index (χ4v) is 4.83. The third-order valence-electron chi connectivity index (χ3n) is 6.23. The first-order valence-electron chi connectivity index (χ1n) is 10.9. The Labute approximate surface area is 196 Å². The number of pyridine rings is 2. The molecule has 0 fully saturated rings. The smallest absolute Gasteiger partial charge is 0.101 e. The van der Waals surface area contributed by atoms with Crippen LogP contribution >= 0.6 is 0 Å². The Balaban J connectivity index is 1.89. The standard InChI is InChI=1S/C30H16N4/c31-13-19-11-22(17-33-15-19)28-25-7-3-4-8-26(25)29(23-12-20(14-32)16-34-18-23)30-24-6-2-1-5-21(24)9-10-27(28)30/h1-12,15-18H. The van der Waals surface area contributed by atoms with Gasteiger partial charge >= 0.3 is 0 Å². The van der Waals surface area contributed by atoms with E-state index in [1.54, 1.807) is 12.4 Å². The Hall–Kier alpha value is -5.06. The third kappa shape index (κ3) is 2.98. The molecule has 0 spiro atoms. The Morgan fingerprint density at radius 3 is 1.74 bits per heavy atom. The topological polar surface area (TPSA) is 73.4 Å². The summed E-state index contributed by atoms with van der Waals surface area (Å²) < 4.78 is 0. The van der Waals surface area contributed by atoms with Gasteiger partial charge in [-0.25, -0.2) is 0 Å². The summed E-state index contributed by atoms with van der Waals surface area (Å²) in [5.74, 6) is 0. The van der Waals surface area contributed by atoms with Gasteiger partial charge in [-0.3, -0.25) is 9.97 Å². The molecule has 0 aliphatic carbocycles. The molecule has 34 heavy (non-hydrogen) atoms. The van der Waals surface area contributed by atoms with E-state index in [2.05, 4.69) is 58.5 Å². The van der Waals surface area contributed by atoms with Crippen molar-refractivity contribution in [2.45, 2.75) is 0 Å². The van der Waals surface area contributed by atoms with Crippen LogP contribution in [-0.2, 0) is 0 Å². The molecule has 6 aromatic rings. The maximum Gasteiger partial charge on any atom is 0.101 e. The molecule has 0 radical (unpaired) electrons. The Morgan fingerprint density at radius 2 is 1.09 bits per heavy atom. The van der Waals surface area contributed by atoms with Gasteiger partial charge in [0.25, 0.3) is 0 Å². The largest absolute Gasteiger partial charge is 0.263 e. The van der Waals surface area contributed by atoms with Crippen molar-refractivity contribution in [2.24, 2.45) is 0 Å². The number of rotatable bonds is 2. The summed E-state index contributed by atoms with van der Waals surface area (Å²) in [6.45, 7) is 0. The van der Waals surface area contributed by atoms with Crippen molar-refractivity contribution in [1.82, 2.24) is 9.97 Å². The monoisotopic (exact) mass is 432 g/mol. The van der Waals surface area contributed by atoms with E-state index in [1.165, 1.54) is 0 Å². The molecule has 0 atom stereocenters. The first-order valence-corrected chi connectivity index (χ1v) is 10.9. The summed E-state index contributed by atoms with van der Waals surface area (Å²) in [6, 6.07) is 29.1. The number of nitriles is 2. The van der Waals surface area contributed by atoms with E-state index in [0.717, 1.165) is 54.6 Å². The number of hydrogen-bond acceptors (Lipinski definition) is 4. The van der Waals surface area contributed by atoms with Crippen molar-refractivity contribution >= 4 is 32.3 Å². The second kappa shape index (κ2) is 7.81. The Kier molecular flexibility index (Phi) is 4.51. The van der Waals surface area contributed by atoms with Crippen molar-refractivity contribution < 1.29 is 0 Å². The summed E-state index contributed by atoms with van der Waals surface area (Å²) in [4.78, 5) is 8.70. The van der Waals surface area contributed by atoms with Crippen molar-refractivity contribution in [3.63, 3.8) is 0 Å². The first kappa shape index (κ1) is 19.6. The maximum absolute atomic E-state index is 9.53. The number of nitrogens with zero attached hydrogens (tertiary/aromatic N) is 4. The zero-order valence-corrected chi connectivity index (χ0v) is 18.0. The highest BCUT2D eigenvalue weighted by atomic mass is 14.6. The normalized spacial score (nSPS) is 10.9. The fourth-order valence-electron chi connectivity index (χ4n) is 4.83. The molecule has 2 aromatic heterocycles. The van der Waals surface area contributed by atoms with E-state index in [4.69, 9.17) is 0 Å². The summed E-state index contributed by atoms with van der Waals surface area (Å²) in [5.41, 5.74) is 4.91. The van der Waals surface area contributed by atoms with E-state index >= 15 is 0 Å². The van der Waals surface area contributed by atoms with Crippen LogP contribution in [0.3, 0.4) is 0 Å². The van der Waals surface area contributed by atoms with E-state index in [-0.39, 0.29) is 0 Å².